The number of likely N-dealkylation sites (tertiary alicyclic amines) is 1. The molecular weight excluding hydrogens is 466 g/mol. The Morgan fingerprint density at radius 1 is 0.917 bits per heavy atom. The van der Waals surface area contributed by atoms with Crippen molar-refractivity contribution in [3.63, 3.8) is 0 Å². The molecule has 2 aromatic carbocycles. The number of benzene rings is 2. The summed E-state index contributed by atoms with van der Waals surface area (Å²) in [6, 6.07) is 12.1. The van der Waals surface area contributed by atoms with Crippen LogP contribution < -0.4 is 4.90 Å². The normalized spacial score (nSPS) is 17.6. The Morgan fingerprint density at radius 3 is 2.36 bits per heavy atom. The lowest BCUT2D eigenvalue weighted by molar-refractivity contribution is -0.138. The van der Waals surface area contributed by atoms with Crippen molar-refractivity contribution in [1.29, 1.82) is 0 Å². The van der Waals surface area contributed by atoms with Crippen LogP contribution in [0.15, 0.2) is 42.5 Å². The van der Waals surface area contributed by atoms with E-state index in [0.717, 1.165) is 24.1 Å². The minimum atomic E-state index is -1.04. The van der Waals surface area contributed by atoms with E-state index in [1.54, 1.807) is 9.80 Å². The number of fused-ring (bicyclic) bond motifs is 1. The van der Waals surface area contributed by atoms with Crippen molar-refractivity contribution in [1.82, 2.24) is 14.7 Å². The molecule has 0 atom stereocenters. The lowest BCUT2D eigenvalue weighted by Gasteiger charge is -2.29. The lowest BCUT2D eigenvalue weighted by Crippen LogP contribution is -2.43. The Morgan fingerprint density at radius 2 is 1.67 bits per heavy atom. The average Bonchev–Trinajstić information content (AvgIpc) is 3.24. The molecule has 0 N–H and O–H groups in total. The van der Waals surface area contributed by atoms with Gasteiger partial charge in [-0.15, -0.1) is 0 Å². The zero-order valence-electron chi connectivity index (χ0n) is 20.6. The number of hydrogen-bond acceptors (Lipinski definition) is 4. The second kappa shape index (κ2) is 11.6. The zero-order chi connectivity index (χ0) is 25.7. The summed E-state index contributed by atoms with van der Waals surface area (Å²) in [5.74, 6) is -2.66. The minimum absolute atomic E-state index is 0.0103. The largest absolute Gasteiger partial charge is 0.335 e. The second-order valence-electron chi connectivity index (χ2n) is 9.42. The van der Waals surface area contributed by atoms with Crippen molar-refractivity contribution in [2.24, 2.45) is 0 Å². The number of rotatable bonds is 4. The molecule has 0 spiro atoms. The fourth-order valence-corrected chi connectivity index (χ4v) is 4.86. The Bertz CT molecular complexity index is 1110. The van der Waals surface area contributed by atoms with Gasteiger partial charge in [0.15, 0.2) is 11.6 Å². The third-order valence-corrected chi connectivity index (χ3v) is 6.80. The summed E-state index contributed by atoms with van der Waals surface area (Å²) < 4.78 is 28.6. The van der Waals surface area contributed by atoms with Gasteiger partial charge in [0.2, 0.25) is 17.7 Å². The Labute approximate surface area is 210 Å². The topological polar surface area (TPSA) is 64.2 Å². The van der Waals surface area contributed by atoms with Gasteiger partial charge in [-0.1, -0.05) is 30.3 Å². The molecule has 0 bridgehead atoms. The maximum atomic E-state index is 14.3. The van der Waals surface area contributed by atoms with E-state index in [-0.39, 0.29) is 36.5 Å². The molecule has 7 nitrogen and oxygen atoms in total. The van der Waals surface area contributed by atoms with E-state index in [0.29, 0.717) is 57.7 Å². The molecule has 1 saturated heterocycles. The van der Waals surface area contributed by atoms with Gasteiger partial charge in [-0.3, -0.25) is 19.3 Å². The van der Waals surface area contributed by atoms with Gasteiger partial charge in [-0.05, 0) is 30.0 Å². The van der Waals surface area contributed by atoms with E-state index in [2.05, 4.69) is 4.90 Å². The van der Waals surface area contributed by atoms with Crippen molar-refractivity contribution >= 4 is 23.4 Å². The minimum Gasteiger partial charge on any atom is -0.335 e. The molecule has 0 saturated carbocycles. The number of carbonyl (C=O) groups excluding carboxylic acids is 3. The first-order valence-corrected chi connectivity index (χ1v) is 12.4. The molecule has 0 unspecified atom stereocenters. The first-order chi connectivity index (χ1) is 17.3. The number of hydrogen-bond donors (Lipinski definition) is 0. The molecule has 3 amide bonds. The number of carbonyl (C=O) groups is 3. The first-order valence-electron chi connectivity index (χ1n) is 12.4. The monoisotopic (exact) mass is 498 g/mol. The highest BCUT2D eigenvalue weighted by Gasteiger charge is 2.28. The number of amides is 3. The molecule has 0 aromatic heterocycles. The molecule has 9 heteroatoms. The first kappa shape index (κ1) is 25.8. The zero-order valence-corrected chi connectivity index (χ0v) is 20.6. The summed E-state index contributed by atoms with van der Waals surface area (Å²) >= 11 is 0. The van der Waals surface area contributed by atoms with Crippen LogP contribution in [0.25, 0.3) is 0 Å². The highest BCUT2D eigenvalue weighted by atomic mass is 19.2. The van der Waals surface area contributed by atoms with Crippen LogP contribution in [0.5, 0.6) is 0 Å². The fraction of sp³-hybridized carbons (Fsp3) is 0.444. The predicted octanol–water partition coefficient (Wildman–Crippen LogP) is 3.17. The number of nitrogens with zero attached hydrogens (tertiary/aromatic N) is 4. The second-order valence-corrected chi connectivity index (χ2v) is 9.42. The molecule has 4 rings (SSSR count). The quantitative estimate of drug-likeness (QED) is 0.650. The molecule has 0 aliphatic carbocycles. The summed E-state index contributed by atoms with van der Waals surface area (Å²) in [6.07, 6.45) is 1.78. The third-order valence-electron chi connectivity index (χ3n) is 6.80. The molecule has 1 fully saturated rings. The summed E-state index contributed by atoms with van der Waals surface area (Å²) in [5, 5.41) is 0. The molecular formula is C27H32F2N4O3. The summed E-state index contributed by atoms with van der Waals surface area (Å²) in [6.45, 7) is 4.48. The summed E-state index contributed by atoms with van der Waals surface area (Å²) in [7, 11) is 0. The van der Waals surface area contributed by atoms with E-state index in [1.807, 2.05) is 30.3 Å². The summed E-state index contributed by atoms with van der Waals surface area (Å²) in [4.78, 5) is 44.8. The molecule has 2 aliphatic rings. The standard InChI is InChI=1S/C27H32F2N4O3/c1-20(34)33-12-6-10-30(17-21-7-3-2-4-8-21)13-14-32(27(36)19-31-11-5-9-26(31)35)18-22-15-23(28)24(29)16-25(22)33/h2-4,7-8,15-16H,5-6,9-14,17-19H2,1H3. The smallest absolute Gasteiger partial charge is 0.242 e. The predicted molar refractivity (Wildman–Crippen MR) is 132 cm³/mol. The van der Waals surface area contributed by atoms with Crippen LogP contribution in [0, 0.1) is 11.6 Å². The van der Waals surface area contributed by atoms with Gasteiger partial charge in [0, 0.05) is 65.2 Å². The number of anilines is 1. The summed E-state index contributed by atoms with van der Waals surface area (Å²) in [5.41, 5.74) is 1.76. The Balaban J connectivity index is 1.64. The van der Waals surface area contributed by atoms with Gasteiger partial charge >= 0.3 is 0 Å². The van der Waals surface area contributed by atoms with Gasteiger partial charge in [0.25, 0.3) is 0 Å². The van der Waals surface area contributed by atoms with Gasteiger partial charge in [-0.25, -0.2) is 8.78 Å². The van der Waals surface area contributed by atoms with Crippen LogP contribution in [-0.4, -0.2) is 71.7 Å². The molecule has 2 heterocycles. The van der Waals surface area contributed by atoms with Crippen molar-refractivity contribution in [2.75, 3.05) is 44.2 Å². The van der Waals surface area contributed by atoms with E-state index in [9.17, 15) is 23.2 Å². The Hall–Kier alpha value is -3.33. The van der Waals surface area contributed by atoms with E-state index in [4.69, 9.17) is 0 Å². The van der Waals surface area contributed by atoms with Gasteiger partial charge in [0.05, 0.1) is 12.2 Å². The van der Waals surface area contributed by atoms with Crippen LogP contribution >= 0.6 is 0 Å². The van der Waals surface area contributed by atoms with E-state index >= 15 is 0 Å². The average molecular weight is 499 g/mol. The molecule has 2 aromatic rings. The van der Waals surface area contributed by atoms with Crippen molar-refractivity contribution in [2.45, 2.75) is 39.3 Å². The third kappa shape index (κ3) is 6.26. The van der Waals surface area contributed by atoms with Crippen LogP contribution in [0.4, 0.5) is 14.5 Å². The van der Waals surface area contributed by atoms with Crippen LogP contribution in [0.1, 0.15) is 37.3 Å². The molecule has 192 valence electrons. The fourth-order valence-electron chi connectivity index (χ4n) is 4.86. The van der Waals surface area contributed by atoms with Crippen LogP contribution in [0.3, 0.4) is 0 Å². The van der Waals surface area contributed by atoms with Crippen LogP contribution in [-0.2, 0) is 27.5 Å². The van der Waals surface area contributed by atoms with E-state index < -0.39 is 11.6 Å². The highest BCUT2D eigenvalue weighted by Crippen LogP contribution is 2.27. The van der Waals surface area contributed by atoms with E-state index in [1.165, 1.54) is 11.8 Å². The molecule has 36 heavy (non-hydrogen) atoms. The van der Waals surface area contributed by atoms with Gasteiger partial charge < -0.3 is 14.7 Å². The molecule has 2 aliphatic heterocycles. The molecule has 0 radical (unpaired) electrons. The van der Waals surface area contributed by atoms with Gasteiger partial charge in [-0.2, -0.15) is 0 Å². The Kier molecular flexibility index (Phi) is 8.30. The maximum absolute atomic E-state index is 14.3. The maximum Gasteiger partial charge on any atom is 0.242 e. The highest BCUT2D eigenvalue weighted by molar-refractivity contribution is 5.92. The van der Waals surface area contributed by atoms with Gasteiger partial charge in [0.1, 0.15) is 0 Å². The van der Waals surface area contributed by atoms with Crippen LogP contribution in [0.2, 0.25) is 0 Å². The van der Waals surface area contributed by atoms with Crippen molar-refractivity contribution in [3.05, 3.63) is 65.2 Å². The van der Waals surface area contributed by atoms with Crippen molar-refractivity contribution < 1.29 is 23.2 Å². The lowest BCUT2D eigenvalue weighted by atomic mass is 10.1. The SMILES string of the molecule is CC(=O)N1CCCN(Cc2ccccc2)CCN(C(=O)CN2CCCC2=O)Cc2cc(F)c(F)cc21. The number of halogens is 2. The van der Waals surface area contributed by atoms with Crippen molar-refractivity contribution in [3.8, 4) is 0 Å².